The summed E-state index contributed by atoms with van der Waals surface area (Å²) in [5.41, 5.74) is -1.02. The number of hydrogen-bond donors (Lipinski definition) is 1. The zero-order valence-electron chi connectivity index (χ0n) is 10.6. The van der Waals surface area contributed by atoms with Gasteiger partial charge in [0.25, 0.3) is 5.69 Å². The first-order chi connectivity index (χ1) is 8.26. The highest BCUT2D eigenvalue weighted by Gasteiger charge is 2.20. The lowest BCUT2D eigenvalue weighted by Crippen LogP contribution is -2.23. The van der Waals surface area contributed by atoms with Crippen molar-refractivity contribution in [2.45, 2.75) is 27.2 Å². The van der Waals surface area contributed by atoms with Crippen molar-refractivity contribution >= 4 is 11.4 Å². The fourth-order valence-electron chi connectivity index (χ4n) is 1.29. The molecule has 0 spiro atoms. The number of non-ortho nitro benzene ring substituents is 1. The fourth-order valence-corrected chi connectivity index (χ4v) is 1.29. The number of hydrogen-bond acceptors (Lipinski definition) is 3. The Morgan fingerprint density at radius 3 is 2.22 bits per heavy atom. The highest BCUT2D eigenvalue weighted by Crippen LogP contribution is 2.27. The van der Waals surface area contributed by atoms with Crippen LogP contribution in [0.5, 0.6) is 0 Å². The van der Waals surface area contributed by atoms with Crippen LogP contribution in [0.3, 0.4) is 0 Å². The third kappa shape index (κ3) is 3.38. The molecule has 0 saturated carbocycles. The minimum absolute atomic E-state index is 0.110. The Kier molecular flexibility index (Phi) is 4.21. The quantitative estimate of drug-likeness (QED) is 0.646. The van der Waals surface area contributed by atoms with Gasteiger partial charge in [0.05, 0.1) is 17.1 Å². The maximum absolute atomic E-state index is 13.5. The first-order valence-electron chi connectivity index (χ1n) is 5.64. The van der Waals surface area contributed by atoms with Gasteiger partial charge in [-0.2, -0.15) is 0 Å². The summed E-state index contributed by atoms with van der Waals surface area (Å²) >= 11 is 0. The van der Waals surface area contributed by atoms with Gasteiger partial charge in [-0.1, -0.05) is 20.8 Å². The van der Waals surface area contributed by atoms with E-state index in [1.807, 2.05) is 20.8 Å². The average molecular weight is 258 g/mol. The number of nitro benzene ring substituents is 1. The SMILES string of the molecule is CCC(C)(C)CNc1c(F)cc([N+](=O)[O-])cc1F. The van der Waals surface area contributed by atoms with Crippen LogP contribution in [0, 0.1) is 27.2 Å². The summed E-state index contributed by atoms with van der Waals surface area (Å²) in [5.74, 6) is -1.90. The van der Waals surface area contributed by atoms with Gasteiger partial charge < -0.3 is 5.32 Å². The van der Waals surface area contributed by atoms with E-state index < -0.39 is 22.2 Å². The van der Waals surface area contributed by atoms with Gasteiger partial charge in [-0.3, -0.25) is 10.1 Å². The van der Waals surface area contributed by atoms with Gasteiger partial charge in [0.1, 0.15) is 5.69 Å². The maximum atomic E-state index is 13.5. The summed E-state index contributed by atoms with van der Waals surface area (Å²) in [4.78, 5) is 9.60. The predicted molar refractivity (Wildman–Crippen MR) is 65.6 cm³/mol. The Morgan fingerprint density at radius 1 is 1.33 bits per heavy atom. The Bertz CT molecular complexity index is 438. The van der Waals surface area contributed by atoms with E-state index in [0.29, 0.717) is 18.7 Å². The van der Waals surface area contributed by atoms with Crippen LogP contribution >= 0.6 is 0 Å². The molecule has 4 nitrogen and oxygen atoms in total. The predicted octanol–water partition coefficient (Wildman–Crippen LogP) is 3.72. The molecule has 0 radical (unpaired) electrons. The molecule has 0 saturated heterocycles. The number of anilines is 1. The van der Waals surface area contributed by atoms with Crippen LogP contribution in [-0.2, 0) is 0 Å². The van der Waals surface area contributed by atoms with Gasteiger partial charge in [0.2, 0.25) is 0 Å². The molecule has 0 aliphatic carbocycles. The fraction of sp³-hybridized carbons (Fsp3) is 0.500. The lowest BCUT2D eigenvalue weighted by molar-refractivity contribution is -0.385. The molecular weight excluding hydrogens is 242 g/mol. The number of nitrogens with one attached hydrogen (secondary N) is 1. The van der Waals surface area contributed by atoms with E-state index in [-0.39, 0.29) is 11.1 Å². The summed E-state index contributed by atoms with van der Waals surface area (Å²) in [6, 6.07) is 1.43. The molecule has 100 valence electrons. The second kappa shape index (κ2) is 5.29. The Hall–Kier alpha value is -1.72. The van der Waals surface area contributed by atoms with Crippen molar-refractivity contribution in [3.63, 3.8) is 0 Å². The zero-order valence-corrected chi connectivity index (χ0v) is 10.6. The lowest BCUT2D eigenvalue weighted by Gasteiger charge is -2.23. The van der Waals surface area contributed by atoms with Gasteiger partial charge in [-0.25, -0.2) is 8.78 Å². The van der Waals surface area contributed by atoms with Crippen LogP contribution in [0.4, 0.5) is 20.2 Å². The molecule has 0 aliphatic heterocycles. The van der Waals surface area contributed by atoms with E-state index in [2.05, 4.69) is 5.32 Å². The molecule has 0 bridgehead atoms. The van der Waals surface area contributed by atoms with Crippen LogP contribution in [0.1, 0.15) is 27.2 Å². The average Bonchev–Trinajstić information content (AvgIpc) is 2.27. The molecule has 0 heterocycles. The highest BCUT2D eigenvalue weighted by atomic mass is 19.1. The molecular formula is C12H16F2N2O2. The minimum Gasteiger partial charge on any atom is -0.380 e. The lowest BCUT2D eigenvalue weighted by atomic mass is 9.90. The maximum Gasteiger partial charge on any atom is 0.275 e. The Labute approximate surface area is 104 Å². The number of rotatable bonds is 5. The van der Waals surface area contributed by atoms with Gasteiger partial charge in [0, 0.05) is 6.54 Å². The van der Waals surface area contributed by atoms with Crippen molar-refractivity contribution in [3.8, 4) is 0 Å². The molecule has 1 aromatic carbocycles. The van der Waals surface area contributed by atoms with Gasteiger partial charge >= 0.3 is 0 Å². The summed E-state index contributed by atoms with van der Waals surface area (Å²) in [6.45, 7) is 6.28. The largest absolute Gasteiger partial charge is 0.380 e. The Morgan fingerprint density at radius 2 is 1.83 bits per heavy atom. The van der Waals surface area contributed by atoms with E-state index in [0.717, 1.165) is 6.42 Å². The molecule has 1 aromatic rings. The van der Waals surface area contributed by atoms with E-state index in [1.54, 1.807) is 0 Å². The zero-order chi connectivity index (χ0) is 13.9. The smallest absolute Gasteiger partial charge is 0.275 e. The standard InChI is InChI=1S/C12H16F2N2O2/c1-4-12(2,3)7-15-11-9(13)5-8(16(17)18)6-10(11)14/h5-6,15H,4,7H2,1-3H3. The minimum atomic E-state index is -0.950. The molecule has 0 fully saturated rings. The number of nitro groups is 1. The van der Waals surface area contributed by atoms with E-state index in [1.165, 1.54) is 0 Å². The van der Waals surface area contributed by atoms with Crippen molar-refractivity contribution in [1.29, 1.82) is 0 Å². The van der Waals surface area contributed by atoms with Gasteiger partial charge in [-0.15, -0.1) is 0 Å². The van der Waals surface area contributed by atoms with Crippen LogP contribution in [0.2, 0.25) is 0 Å². The second-order valence-corrected chi connectivity index (χ2v) is 4.91. The van der Waals surface area contributed by atoms with Crippen molar-refractivity contribution in [2.75, 3.05) is 11.9 Å². The summed E-state index contributed by atoms with van der Waals surface area (Å²) in [6.07, 6.45) is 0.843. The first-order valence-corrected chi connectivity index (χ1v) is 5.64. The van der Waals surface area contributed by atoms with E-state index in [9.17, 15) is 18.9 Å². The Balaban J connectivity index is 2.94. The number of nitrogens with zero attached hydrogens (tertiary/aromatic N) is 1. The second-order valence-electron chi connectivity index (χ2n) is 4.91. The van der Waals surface area contributed by atoms with E-state index in [4.69, 9.17) is 0 Å². The van der Waals surface area contributed by atoms with Crippen molar-refractivity contribution < 1.29 is 13.7 Å². The molecule has 0 atom stereocenters. The van der Waals surface area contributed by atoms with Crippen molar-refractivity contribution in [2.24, 2.45) is 5.41 Å². The van der Waals surface area contributed by atoms with Crippen molar-refractivity contribution in [3.05, 3.63) is 33.9 Å². The highest BCUT2D eigenvalue weighted by molar-refractivity contribution is 5.51. The van der Waals surface area contributed by atoms with Crippen LogP contribution in [0.25, 0.3) is 0 Å². The van der Waals surface area contributed by atoms with Crippen LogP contribution in [-0.4, -0.2) is 11.5 Å². The molecule has 18 heavy (non-hydrogen) atoms. The summed E-state index contributed by atoms with van der Waals surface area (Å²) in [5, 5.41) is 13.1. The van der Waals surface area contributed by atoms with Gasteiger partial charge in [0.15, 0.2) is 11.6 Å². The van der Waals surface area contributed by atoms with Crippen LogP contribution in [0.15, 0.2) is 12.1 Å². The van der Waals surface area contributed by atoms with E-state index >= 15 is 0 Å². The molecule has 0 aliphatic rings. The summed E-state index contributed by atoms with van der Waals surface area (Å²) < 4.78 is 27.1. The third-order valence-corrected chi connectivity index (χ3v) is 2.94. The molecule has 1 rings (SSSR count). The monoisotopic (exact) mass is 258 g/mol. The van der Waals surface area contributed by atoms with Crippen molar-refractivity contribution in [1.82, 2.24) is 0 Å². The normalized spacial score (nSPS) is 11.4. The topological polar surface area (TPSA) is 55.2 Å². The number of benzene rings is 1. The third-order valence-electron chi connectivity index (χ3n) is 2.94. The molecule has 1 N–H and O–H groups in total. The molecule has 6 heteroatoms. The number of halogens is 2. The molecule has 0 amide bonds. The van der Waals surface area contributed by atoms with Gasteiger partial charge in [-0.05, 0) is 11.8 Å². The first kappa shape index (κ1) is 14.3. The van der Waals surface area contributed by atoms with Crippen LogP contribution < -0.4 is 5.32 Å². The molecule has 0 unspecified atom stereocenters. The summed E-state index contributed by atoms with van der Waals surface area (Å²) in [7, 11) is 0. The molecule has 0 aromatic heterocycles.